The monoisotopic (exact) mass is 223 g/mol. The van der Waals surface area contributed by atoms with Gasteiger partial charge in [-0.05, 0) is 51.4 Å². The van der Waals surface area contributed by atoms with Gasteiger partial charge >= 0.3 is 0 Å². The van der Waals surface area contributed by atoms with E-state index in [1.807, 2.05) is 0 Å². The van der Waals surface area contributed by atoms with Gasteiger partial charge in [0.05, 0.1) is 0 Å². The van der Waals surface area contributed by atoms with Crippen LogP contribution in [0, 0.1) is 17.8 Å². The van der Waals surface area contributed by atoms with Crippen LogP contribution in [-0.4, -0.2) is 6.04 Å². The van der Waals surface area contributed by atoms with Crippen molar-refractivity contribution in [3.63, 3.8) is 0 Å². The molecule has 0 radical (unpaired) electrons. The van der Waals surface area contributed by atoms with Crippen LogP contribution in [0.15, 0.2) is 24.3 Å². The molecule has 0 saturated carbocycles. The van der Waals surface area contributed by atoms with E-state index in [1.165, 1.54) is 12.0 Å². The minimum Gasteiger partial charge on any atom is -0.328 e. The average Bonchev–Trinajstić information content (AvgIpc) is 2.14. The standard InChI is InChI=1S/C15H29N/c1-7-8-12(4)15(11(2)3)13(5)9-10-14(6)16/h7-8,12-15H,2,9-10,16H2,1,3-6H3. The van der Waals surface area contributed by atoms with Gasteiger partial charge in [0, 0.05) is 6.04 Å². The first kappa shape index (κ1) is 15.4. The second kappa shape index (κ2) is 7.67. The number of allylic oxidation sites excluding steroid dienone is 3. The molecule has 0 aromatic heterocycles. The van der Waals surface area contributed by atoms with Crippen molar-refractivity contribution < 1.29 is 0 Å². The number of rotatable bonds is 7. The largest absolute Gasteiger partial charge is 0.328 e. The van der Waals surface area contributed by atoms with E-state index in [9.17, 15) is 0 Å². The molecule has 4 unspecified atom stereocenters. The second-order valence-corrected chi connectivity index (χ2v) is 5.29. The van der Waals surface area contributed by atoms with E-state index in [0.29, 0.717) is 23.8 Å². The van der Waals surface area contributed by atoms with Crippen LogP contribution in [0.5, 0.6) is 0 Å². The maximum absolute atomic E-state index is 5.82. The van der Waals surface area contributed by atoms with Crippen molar-refractivity contribution in [1.29, 1.82) is 0 Å². The van der Waals surface area contributed by atoms with Crippen molar-refractivity contribution >= 4 is 0 Å². The van der Waals surface area contributed by atoms with Crippen LogP contribution in [0.25, 0.3) is 0 Å². The Labute approximate surface area is 102 Å². The molecule has 1 heteroatoms. The summed E-state index contributed by atoms with van der Waals surface area (Å²) in [5.41, 5.74) is 7.11. The van der Waals surface area contributed by atoms with Gasteiger partial charge in [-0.3, -0.25) is 0 Å². The summed E-state index contributed by atoms with van der Waals surface area (Å²) < 4.78 is 0. The molecule has 0 aliphatic rings. The molecule has 0 spiro atoms. The van der Waals surface area contributed by atoms with E-state index in [-0.39, 0.29) is 0 Å². The Morgan fingerprint density at radius 3 is 2.19 bits per heavy atom. The lowest BCUT2D eigenvalue weighted by Gasteiger charge is -2.29. The van der Waals surface area contributed by atoms with Crippen molar-refractivity contribution in [2.24, 2.45) is 23.5 Å². The summed E-state index contributed by atoms with van der Waals surface area (Å²) in [4.78, 5) is 0. The Hall–Kier alpha value is -0.560. The molecular weight excluding hydrogens is 194 g/mol. The SMILES string of the molecule is C=C(C)C(C(C)C=CC)C(C)CCC(C)N. The van der Waals surface area contributed by atoms with Gasteiger partial charge < -0.3 is 5.73 Å². The van der Waals surface area contributed by atoms with E-state index in [4.69, 9.17) is 5.73 Å². The first-order chi connectivity index (χ1) is 7.40. The molecule has 0 amide bonds. The normalized spacial score (nSPS) is 19.4. The molecule has 16 heavy (non-hydrogen) atoms. The van der Waals surface area contributed by atoms with Crippen molar-refractivity contribution in [2.75, 3.05) is 0 Å². The smallest absolute Gasteiger partial charge is 0.00105 e. The quantitative estimate of drug-likeness (QED) is 0.645. The Bertz CT molecular complexity index is 228. The molecule has 4 atom stereocenters. The van der Waals surface area contributed by atoms with Gasteiger partial charge in [0.2, 0.25) is 0 Å². The summed E-state index contributed by atoms with van der Waals surface area (Å²) in [5.74, 6) is 1.82. The second-order valence-electron chi connectivity index (χ2n) is 5.29. The van der Waals surface area contributed by atoms with Gasteiger partial charge in [-0.15, -0.1) is 0 Å². The molecule has 0 heterocycles. The van der Waals surface area contributed by atoms with Crippen molar-refractivity contribution in [1.82, 2.24) is 0 Å². The Morgan fingerprint density at radius 1 is 1.25 bits per heavy atom. The number of hydrogen-bond acceptors (Lipinski definition) is 1. The summed E-state index contributed by atoms with van der Waals surface area (Å²) in [6.07, 6.45) is 6.71. The molecule has 0 aliphatic carbocycles. The summed E-state index contributed by atoms with van der Waals surface area (Å²) in [6, 6.07) is 0.310. The highest BCUT2D eigenvalue weighted by atomic mass is 14.6. The molecule has 0 aliphatic heterocycles. The third kappa shape index (κ3) is 5.50. The molecule has 0 saturated heterocycles. The highest BCUT2D eigenvalue weighted by molar-refractivity contribution is 5.05. The molecule has 0 fully saturated rings. The number of hydrogen-bond donors (Lipinski definition) is 1. The lowest BCUT2D eigenvalue weighted by Crippen LogP contribution is -2.22. The van der Waals surface area contributed by atoms with Crippen LogP contribution in [0.4, 0.5) is 0 Å². The lowest BCUT2D eigenvalue weighted by molar-refractivity contribution is 0.312. The van der Waals surface area contributed by atoms with E-state index < -0.39 is 0 Å². The van der Waals surface area contributed by atoms with Crippen molar-refractivity contribution in [3.05, 3.63) is 24.3 Å². The minimum atomic E-state index is 0.310. The third-order valence-electron chi connectivity index (χ3n) is 3.32. The summed E-state index contributed by atoms with van der Waals surface area (Å²) >= 11 is 0. The van der Waals surface area contributed by atoms with Crippen LogP contribution in [0.1, 0.15) is 47.5 Å². The fourth-order valence-electron chi connectivity index (χ4n) is 2.58. The molecule has 0 aromatic rings. The van der Waals surface area contributed by atoms with E-state index in [2.05, 4.69) is 53.3 Å². The zero-order valence-corrected chi connectivity index (χ0v) is 11.7. The summed E-state index contributed by atoms with van der Waals surface area (Å²) in [6.45, 7) is 15.1. The Kier molecular flexibility index (Phi) is 7.40. The fraction of sp³-hybridized carbons (Fsp3) is 0.733. The molecular formula is C15H29N. The van der Waals surface area contributed by atoms with E-state index in [0.717, 1.165) is 6.42 Å². The minimum absolute atomic E-state index is 0.310. The molecule has 94 valence electrons. The Balaban J connectivity index is 4.46. The predicted molar refractivity (Wildman–Crippen MR) is 74.3 cm³/mol. The molecule has 0 rings (SSSR count). The van der Waals surface area contributed by atoms with Gasteiger partial charge in [0.15, 0.2) is 0 Å². The van der Waals surface area contributed by atoms with Crippen molar-refractivity contribution in [2.45, 2.75) is 53.5 Å². The van der Waals surface area contributed by atoms with Crippen LogP contribution in [0.2, 0.25) is 0 Å². The van der Waals surface area contributed by atoms with Gasteiger partial charge in [0.1, 0.15) is 0 Å². The lowest BCUT2D eigenvalue weighted by atomic mass is 9.76. The average molecular weight is 223 g/mol. The first-order valence-electron chi connectivity index (χ1n) is 6.43. The van der Waals surface area contributed by atoms with Gasteiger partial charge in [-0.25, -0.2) is 0 Å². The number of nitrogens with two attached hydrogens (primary N) is 1. The molecule has 0 bridgehead atoms. The summed E-state index contributed by atoms with van der Waals surface area (Å²) in [7, 11) is 0. The Morgan fingerprint density at radius 2 is 1.81 bits per heavy atom. The van der Waals surface area contributed by atoms with E-state index >= 15 is 0 Å². The van der Waals surface area contributed by atoms with Gasteiger partial charge in [0.25, 0.3) is 0 Å². The van der Waals surface area contributed by atoms with Crippen LogP contribution in [-0.2, 0) is 0 Å². The van der Waals surface area contributed by atoms with Crippen molar-refractivity contribution in [3.8, 4) is 0 Å². The zero-order valence-electron chi connectivity index (χ0n) is 11.7. The topological polar surface area (TPSA) is 26.0 Å². The maximum Gasteiger partial charge on any atom is 0.00105 e. The highest BCUT2D eigenvalue weighted by Crippen LogP contribution is 2.31. The van der Waals surface area contributed by atoms with Crippen LogP contribution < -0.4 is 5.73 Å². The zero-order chi connectivity index (χ0) is 12.7. The molecule has 0 aromatic carbocycles. The molecule has 1 nitrogen and oxygen atoms in total. The van der Waals surface area contributed by atoms with Crippen LogP contribution in [0.3, 0.4) is 0 Å². The van der Waals surface area contributed by atoms with Gasteiger partial charge in [-0.2, -0.15) is 0 Å². The predicted octanol–water partition coefficient (Wildman–Crippen LogP) is 4.15. The van der Waals surface area contributed by atoms with E-state index in [1.54, 1.807) is 0 Å². The first-order valence-corrected chi connectivity index (χ1v) is 6.43. The third-order valence-corrected chi connectivity index (χ3v) is 3.32. The summed E-state index contributed by atoms with van der Waals surface area (Å²) in [5, 5.41) is 0. The fourth-order valence-corrected chi connectivity index (χ4v) is 2.58. The maximum atomic E-state index is 5.82. The molecule has 2 N–H and O–H groups in total. The van der Waals surface area contributed by atoms with Gasteiger partial charge in [-0.1, -0.05) is 38.2 Å². The highest BCUT2D eigenvalue weighted by Gasteiger charge is 2.22. The van der Waals surface area contributed by atoms with Crippen LogP contribution >= 0.6 is 0 Å².